The van der Waals surface area contributed by atoms with Crippen molar-refractivity contribution >= 4 is 80.2 Å². The van der Waals surface area contributed by atoms with Crippen molar-refractivity contribution in [2.45, 2.75) is 187 Å². The molecule has 4 aromatic rings. The van der Waals surface area contributed by atoms with Crippen LogP contribution in [-0.4, -0.2) is 146 Å². The van der Waals surface area contributed by atoms with Crippen LogP contribution in [0, 0.1) is 57.7 Å². The first-order chi connectivity index (χ1) is 53.0. The summed E-state index contributed by atoms with van der Waals surface area (Å²) < 4.78 is 113. The summed E-state index contributed by atoms with van der Waals surface area (Å²) in [6, 6.07) is -6.33. The first kappa shape index (κ1) is 70.5. The maximum atomic E-state index is 14.4. The van der Waals surface area contributed by atoms with Gasteiger partial charge in [0, 0.05) is 106 Å². The topological polar surface area (TPSA) is 498 Å². The zero-order valence-corrected chi connectivity index (χ0v) is 62.1. The van der Waals surface area contributed by atoms with Crippen LogP contribution in [0.1, 0.15) is 173 Å². The average molecular weight is 1590 g/mol. The Morgan fingerprint density at radius 1 is 0.569 bits per heavy atom. The number of hydrogen-bond donors (Lipinski definition) is 14. The Morgan fingerprint density at radius 2 is 0.961 bits per heavy atom. The van der Waals surface area contributed by atoms with Gasteiger partial charge in [-0.25, -0.2) is 4.79 Å². The number of aryl methyl sites for hydroxylation is 4. The maximum absolute atomic E-state index is 14.4. The standard InChI is InChI=1S/C39H59N7O7.C34H50N7O5.B2.W/c1-24-18-29(47)19-25(2)30(24)21-28(23-34(49)32(15-11-17-44-37(42)43)46-38(52)53-39(3,4)5)36(51)45-31(14-9-10-16-40)33(48)22-27(35(41)50)20-26-12-7-6-8-13-26;1-21-15-26(42)16-22(2)27(21)18-25(20-30(43)28(36)11-8-14-40-34(38)39)33(46)41-29(12-6-7-13-35)31(44)19-24(32(37)45)17-23-9-4-3-5-10-23;1-2;/h6-8,12-13,18-19,27-28,31-32,47H,9-11,14-17,20-23,40H2,1-5H3,(H2,41,50)(H,45,51)(H,46,52)(H4,42,43,44);3-5,9-10,15-17,24-25,28-29,42H,6-8,11-14,18-20,35-36H2,1-2H3,(H2,37,45)(H,41,46)(H4,38,39,40);;/q;-1;;/t27-,28-,31+,32-;24-,25-,28-,29+;;/m11../s1/i6D,7D,8D,12D,13D,20D,27D;3D,4D,5D,9D,10D,24D;;/t20?,27-,28-,31+,32-;m;;. The van der Waals surface area contributed by atoms with Crippen LogP contribution in [0.25, 0.3) is 0 Å². The second-order valence-corrected chi connectivity index (χ2v) is 25.1. The molecule has 556 valence electrons. The molecule has 23 N–H and O–H groups in total. The summed E-state index contributed by atoms with van der Waals surface area (Å²) in [5, 5.41) is 28.2. The quantitative estimate of drug-likeness (QED) is 0.00988. The van der Waals surface area contributed by atoms with Crippen molar-refractivity contribution in [1.82, 2.24) is 16.0 Å². The number of Topliss-reactive ketones (excluding diaryl/α,β-unsaturated/α-hetero) is 4. The number of benzene rings is 4. The third kappa shape index (κ3) is 35.8. The number of guanidine groups is 2. The molecular weight excluding hydrogens is 1470 g/mol. The van der Waals surface area contributed by atoms with Gasteiger partial charge in [0.25, 0.3) is 0 Å². The molecule has 4 radical (unpaired) electrons. The van der Waals surface area contributed by atoms with Gasteiger partial charge in [-0.3, -0.25) is 48.3 Å². The predicted molar refractivity (Wildman–Crippen MR) is 396 cm³/mol. The van der Waals surface area contributed by atoms with Gasteiger partial charge in [0.1, 0.15) is 22.9 Å². The van der Waals surface area contributed by atoms with Crippen LogP contribution in [0.15, 0.2) is 94.7 Å². The van der Waals surface area contributed by atoms with E-state index in [1.807, 2.05) is 0 Å². The zero-order valence-electron chi connectivity index (χ0n) is 72.2. The van der Waals surface area contributed by atoms with Gasteiger partial charge in [-0.05, 0) is 211 Å². The molecule has 9 atom stereocenters. The fourth-order valence-electron chi connectivity index (χ4n) is 10.6. The number of aliphatic imine (C=N–C) groups is 2. The molecule has 0 spiro atoms. The van der Waals surface area contributed by atoms with Crippen molar-refractivity contribution in [1.29, 1.82) is 0 Å². The first-order valence-electron chi connectivity index (χ1n) is 39.5. The number of ketones is 4. The number of unbranched alkanes of at least 4 members (excludes halogenated alkanes) is 2. The molecule has 4 aromatic carbocycles. The summed E-state index contributed by atoms with van der Waals surface area (Å²) in [5.74, 6) is -14.9. The summed E-state index contributed by atoms with van der Waals surface area (Å²) in [5.41, 5.74) is 52.1. The molecule has 0 saturated heterocycles. The molecule has 0 bridgehead atoms. The number of nitrogens with one attached hydrogen (secondary N) is 3. The summed E-state index contributed by atoms with van der Waals surface area (Å²) in [7, 11) is 8.00. The Morgan fingerprint density at radius 3 is 1.37 bits per heavy atom. The predicted octanol–water partition coefficient (Wildman–Crippen LogP) is 3.66. The summed E-state index contributed by atoms with van der Waals surface area (Å²) >= 11 is 0. The SMILES string of the molecule is [2H]c1c([2H])c([2H])c(C([2H])[C@]([2H])(CC(=O)[C@H](CCCCN)NC(=O)[C@@H](CC(=O)[C@@H](CCCN=C(N)N)NC(=O)OC(C)(C)C)Cc2c(C)cc(O)cc2C)C(N)=O)c([2H])c1[2H].[2H]c1c([2H])c([2H])c([CH-][C@]([2H])(CC(=O)[C@H](CCCCN)NC(=O)[C@@H](CC(=O)[C@H](N)CCCN=C(N)N)Cc2c(C)cc(O)cc2C)C(N)=O)c([2H])c1[2H].[B][B].[W]. The molecule has 0 saturated carbocycles. The number of phenolic OH excluding ortho intramolecular Hbond substituents is 2. The summed E-state index contributed by atoms with van der Waals surface area (Å²) in [6.45, 7) is 12.7. The normalized spacial score (nSPS) is 15.9. The van der Waals surface area contributed by atoms with E-state index in [-0.39, 0.29) is 128 Å². The minimum atomic E-state index is -2.86. The summed E-state index contributed by atoms with van der Waals surface area (Å²) in [4.78, 5) is 130. The third-order valence-corrected chi connectivity index (χ3v) is 15.6. The number of phenols is 2. The Kier molecular flexibility index (Phi) is 33.4. The molecule has 0 heterocycles. The molecule has 0 aromatic heterocycles. The number of aromatic hydroxyl groups is 2. The van der Waals surface area contributed by atoms with Gasteiger partial charge in [0.05, 0.1) is 32.4 Å². The first-order valence-corrected chi connectivity index (χ1v) is 32.9. The smallest absolute Gasteiger partial charge is 0.408 e. The Labute approximate surface area is 636 Å². The van der Waals surface area contributed by atoms with Gasteiger partial charge in [-0.15, -0.1) is 12.1 Å². The largest absolute Gasteiger partial charge is 0.508 e. The second kappa shape index (κ2) is 48.3. The number of hydrogen-bond acceptors (Lipinski definition) is 17. The fraction of sp³-hybridized carbons (Fsp3) is 0.507. The number of rotatable bonds is 43. The third-order valence-electron chi connectivity index (χ3n) is 15.6. The van der Waals surface area contributed by atoms with Crippen LogP contribution in [0.4, 0.5) is 4.79 Å². The van der Waals surface area contributed by atoms with E-state index in [1.165, 1.54) is 24.3 Å². The molecule has 29 heteroatoms. The van der Waals surface area contributed by atoms with E-state index >= 15 is 0 Å². The number of carbonyl (C=O) groups excluding carboxylic acids is 9. The molecule has 0 fully saturated rings. The van der Waals surface area contributed by atoms with Gasteiger partial charge in [0.2, 0.25) is 23.6 Å². The van der Waals surface area contributed by atoms with Crippen molar-refractivity contribution in [2.75, 3.05) is 26.2 Å². The van der Waals surface area contributed by atoms with Crippen molar-refractivity contribution in [3.05, 3.63) is 136 Å². The van der Waals surface area contributed by atoms with E-state index in [0.29, 0.717) is 59.1 Å². The van der Waals surface area contributed by atoms with Crippen LogP contribution in [0.3, 0.4) is 0 Å². The maximum Gasteiger partial charge on any atom is 0.408 e. The van der Waals surface area contributed by atoms with E-state index in [4.69, 9.17) is 74.2 Å². The molecule has 26 nitrogen and oxygen atoms in total. The molecule has 0 aliphatic heterocycles. The van der Waals surface area contributed by atoms with E-state index < -0.39 is 203 Å². The number of amides is 5. The Hall–Kier alpha value is -8.58. The van der Waals surface area contributed by atoms with Crippen molar-refractivity contribution < 1.29 is 97.0 Å². The van der Waals surface area contributed by atoms with Gasteiger partial charge in [-0.1, -0.05) is 36.3 Å². The van der Waals surface area contributed by atoms with E-state index in [9.17, 15) is 53.4 Å². The molecule has 1 unspecified atom stereocenters. The minimum Gasteiger partial charge on any atom is -0.508 e. The Bertz CT molecular complexity index is 4050. The number of alkyl carbamates (subject to hydrolysis) is 1. The fourth-order valence-corrected chi connectivity index (χ4v) is 10.6. The van der Waals surface area contributed by atoms with Crippen LogP contribution >= 0.6 is 0 Å². The number of carbonyl (C=O) groups is 9. The molecule has 0 aliphatic carbocycles. The molecular formula is C73H109B2N14O12W-. The van der Waals surface area contributed by atoms with Crippen LogP contribution < -0.4 is 67.6 Å². The van der Waals surface area contributed by atoms with Gasteiger partial charge in [0.15, 0.2) is 29.3 Å². The van der Waals surface area contributed by atoms with Gasteiger partial charge < -0.3 is 82.5 Å². The molecule has 102 heavy (non-hydrogen) atoms. The monoisotopic (exact) mass is 1590 g/mol. The molecule has 0 aliphatic rings. The van der Waals surface area contributed by atoms with Crippen molar-refractivity contribution in [3.63, 3.8) is 0 Å². The Balaban J connectivity index is 0.00000113. The van der Waals surface area contributed by atoms with E-state index in [2.05, 4.69) is 41.4 Å². The molecule has 4 rings (SSSR count). The summed E-state index contributed by atoms with van der Waals surface area (Å²) in [6.07, 6.45) is -2.67. The molecule has 5 amide bonds. The number of nitrogens with zero attached hydrogens (tertiary/aromatic N) is 2. The average Bonchev–Trinajstić information content (AvgIpc) is 0.773. The van der Waals surface area contributed by atoms with Crippen molar-refractivity contribution in [3.8, 4) is 11.5 Å². The number of nitrogens with two attached hydrogens (primary N) is 9. The number of ether oxygens (including phenoxy) is 1. The zero-order chi connectivity index (χ0) is 87.4. The van der Waals surface area contributed by atoms with E-state index in [1.54, 1.807) is 48.5 Å². The van der Waals surface area contributed by atoms with E-state index in [0.717, 1.165) is 6.42 Å². The van der Waals surface area contributed by atoms with Crippen LogP contribution in [0.2, 0.25) is 0 Å². The van der Waals surface area contributed by atoms with Gasteiger partial charge in [-0.2, -0.15) is 24.1 Å². The van der Waals surface area contributed by atoms with Gasteiger partial charge >= 0.3 is 6.09 Å². The van der Waals surface area contributed by atoms with Crippen molar-refractivity contribution in [2.24, 2.45) is 85.2 Å². The number of primary amides is 2. The minimum absolute atomic E-state index is 0. The van der Waals surface area contributed by atoms with Crippen LogP contribution in [-0.2, 0) is 83.4 Å². The second-order valence-electron chi connectivity index (χ2n) is 25.1. The van der Waals surface area contributed by atoms with Crippen LogP contribution in [0.5, 0.6) is 11.5 Å².